The van der Waals surface area contributed by atoms with E-state index in [1.165, 1.54) is 24.4 Å². The highest BCUT2D eigenvalue weighted by atomic mass is 16.5. The molecule has 2 aromatic rings. The first-order valence-electron chi connectivity index (χ1n) is 8.99. The lowest BCUT2D eigenvalue weighted by Gasteiger charge is -2.25. The van der Waals surface area contributed by atoms with Gasteiger partial charge in [-0.25, -0.2) is 0 Å². The number of carbonyl (C=O) groups excluding carboxylic acids is 2. The van der Waals surface area contributed by atoms with Gasteiger partial charge in [-0.15, -0.1) is 0 Å². The van der Waals surface area contributed by atoms with E-state index in [9.17, 15) is 14.7 Å². The maximum absolute atomic E-state index is 12.8. The number of amides is 1. The monoisotopic (exact) mass is 382 g/mol. The number of aliphatic hydroxyl groups excluding tert-OH is 1. The van der Waals surface area contributed by atoms with Crippen molar-refractivity contribution >= 4 is 17.4 Å². The number of rotatable bonds is 7. The number of pyridine rings is 1. The standard InChI is InChI=1S/C21H22N2O5/c1-3-28-16-6-4-5-15(13-16)18-17(19(24)14-7-9-22-10-8-14)20(25)21(26)23(18)11-12-27-2/h4-10,13,18,24H,3,11-12H2,1-2H3. The normalized spacial score (nSPS) is 18.5. The molecule has 0 spiro atoms. The molecule has 0 bridgehead atoms. The third-order valence-electron chi connectivity index (χ3n) is 4.51. The molecule has 2 heterocycles. The predicted molar refractivity (Wildman–Crippen MR) is 103 cm³/mol. The van der Waals surface area contributed by atoms with Gasteiger partial charge in [-0.2, -0.15) is 0 Å². The summed E-state index contributed by atoms with van der Waals surface area (Å²) in [6.45, 7) is 2.85. The predicted octanol–water partition coefficient (Wildman–Crippen LogP) is 2.55. The molecule has 1 fully saturated rings. The fourth-order valence-electron chi connectivity index (χ4n) is 3.25. The third kappa shape index (κ3) is 3.75. The number of aliphatic hydroxyl groups is 1. The maximum atomic E-state index is 12.8. The van der Waals surface area contributed by atoms with Gasteiger partial charge in [0, 0.05) is 31.6 Å². The highest BCUT2D eigenvalue weighted by Gasteiger charge is 2.45. The molecule has 1 aromatic carbocycles. The van der Waals surface area contributed by atoms with Gasteiger partial charge in [0.15, 0.2) is 0 Å². The van der Waals surface area contributed by atoms with Gasteiger partial charge in [-0.1, -0.05) is 12.1 Å². The highest BCUT2D eigenvalue weighted by molar-refractivity contribution is 6.46. The number of methoxy groups -OCH3 is 1. The SMILES string of the molecule is CCOc1cccc(C2C(=C(O)c3ccncc3)C(=O)C(=O)N2CCOC)c1. The van der Waals surface area contributed by atoms with Crippen LogP contribution in [-0.2, 0) is 14.3 Å². The summed E-state index contributed by atoms with van der Waals surface area (Å²) in [5.74, 6) is -0.995. The minimum Gasteiger partial charge on any atom is -0.507 e. The lowest BCUT2D eigenvalue weighted by Crippen LogP contribution is -2.32. The second kappa shape index (κ2) is 8.67. The van der Waals surface area contributed by atoms with Crippen molar-refractivity contribution in [2.24, 2.45) is 0 Å². The minimum atomic E-state index is -0.733. The van der Waals surface area contributed by atoms with Crippen LogP contribution in [0.1, 0.15) is 24.1 Å². The average molecular weight is 382 g/mol. The summed E-state index contributed by atoms with van der Waals surface area (Å²) in [6.07, 6.45) is 3.03. The summed E-state index contributed by atoms with van der Waals surface area (Å²) in [6, 6.07) is 9.62. The largest absolute Gasteiger partial charge is 0.507 e. The number of benzene rings is 1. The molecular weight excluding hydrogens is 360 g/mol. The third-order valence-corrected chi connectivity index (χ3v) is 4.51. The first-order chi connectivity index (χ1) is 13.6. The van der Waals surface area contributed by atoms with Crippen molar-refractivity contribution in [1.29, 1.82) is 0 Å². The number of Topliss-reactive ketones (excluding diaryl/α,β-unsaturated/α-hetero) is 1. The van der Waals surface area contributed by atoms with Crippen LogP contribution < -0.4 is 4.74 Å². The van der Waals surface area contributed by atoms with Crippen LogP contribution in [0.2, 0.25) is 0 Å². The molecule has 1 aliphatic heterocycles. The quantitative estimate of drug-likeness (QED) is 0.450. The van der Waals surface area contributed by atoms with Crippen LogP contribution in [0.5, 0.6) is 5.75 Å². The topological polar surface area (TPSA) is 89.0 Å². The summed E-state index contributed by atoms with van der Waals surface area (Å²) < 4.78 is 10.7. The van der Waals surface area contributed by atoms with E-state index in [1.54, 1.807) is 36.4 Å². The molecule has 0 saturated carbocycles. The zero-order valence-corrected chi connectivity index (χ0v) is 15.8. The van der Waals surface area contributed by atoms with Gasteiger partial charge in [0.2, 0.25) is 0 Å². The number of ketones is 1. The van der Waals surface area contributed by atoms with Crippen molar-refractivity contribution in [1.82, 2.24) is 9.88 Å². The summed E-state index contributed by atoms with van der Waals surface area (Å²) in [5, 5.41) is 10.8. The van der Waals surface area contributed by atoms with Crippen LogP contribution in [-0.4, -0.2) is 53.5 Å². The van der Waals surface area contributed by atoms with Gasteiger partial charge >= 0.3 is 0 Å². The molecular formula is C21H22N2O5. The van der Waals surface area contributed by atoms with Gasteiger partial charge < -0.3 is 19.5 Å². The molecule has 1 amide bonds. The Labute approximate surface area is 163 Å². The van der Waals surface area contributed by atoms with Crippen molar-refractivity contribution in [3.05, 3.63) is 65.5 Å². The highest BCUT2D eigenvalue weighted by Crippen LogP contribution is 2.39. The first kappa shape index (κ1) is 19.6. The van der Waals surface area contributed by atoms with Crippen molar-refractivity contribution in [3.63, 3.8) is 0 Å². The summed E-state index contributed by atoms with van der Waals surface area (Å²) in [4.78, 5) is 30.8. The van der Waals surface area contributed by atoms with E-state index in [0.29, 0.717) is 23.5 Å². The van der Waals surface area contributed by atoms with Crippen molar-refractivity contribution < 1.29 is 24.2 Å². The molecule has 1 saturated heterocycles. The molecule has 7 nitrogen and oxygen atoms in total. The van der Waals surface area contributed by atoms with Gasteiger partial charge in [0.1, 0.15) is 11.5 Å². The van der Waals surface area contributed by atoms with Crippen LogP contribution in [0.3, 0.4) is 0 Å². The van der Waals surface area contributed by atoms with E-state index in [2.05, 4.69) is 4.98 Å². The number of aromatic nitrogens is 1. The fraction of sp³-hybridized carbons (Fsp3) is 0.286. The van der Waals surface area contributed by atoms with E-state index < -0.39 is 17.7 Å². The molecule has 7 heteroatoms. The molecule has 0 radical (unpaired) electrons. The Morgan fingerprint density at radius 2 is 1.96 bits per heavy atom. The minimum absolute atomic E-state index is 0.0425. The van der Waals surface area contributed by atoms with Crippen molar-refractivity contribution in [3.8, 4) is 5.75 Å². The summed E-state index contributed by atoms with van der Waals surface area (Å²) in [7, 11) is 1.53. The smallest absolute Gasteiger partial charge is 0.295 e. The maximum Gasteiger partial charge on any atom is 0.295 e. The Hall–Kier alpha value is -3.19. The number of carbonyl (C=O) groups is 2. The van der Waals surface area contributed by atoms with Crippen LogP contribution >= 0.6 is 0 Å². The second-order valence-electron chi connectivity index (χ2n) is 6.23. The molecule has 146 valence electrons. The average Bonchev–Trinajstić information content (AvgIpc) is 2.97. The lowest BCUT2D eigenvalue weighted by atomic mass is 9.95. The van der Waals surface area contributed by atoms with Gasteiger partial charge in [0.25, 0.3) is 11.7 Å². The molecule has 1 aliphatic rings. The molecule has 3 rings (SSSR count). The van der Waals surface area contributed by atoms with Gasteiger partial charge in [-0.3, -0.25) is 14.6 Å². The molecule has 1 unspecified atom stereocenters. The Morgan fingerprint density at radius 1 is 1.21 bits per heavy atom. The van der Waals surface area contributed by atoms with Gasteiger partial charge in [-0.05, 0) is 36.8 Å². The van der Waals surface area contributed by atoms with E-state index in [4.69, 9.17) is 9.47 Å². The van der Waals surface area contributed by atoms with Crippen LogP contribution in [0.4, 0.5) is 0 Å². The number of nitrogens with zero attached hydrogens (tertiary/aromatic N) is 2. The zero-order valence-electron chi connectivity index (χ0n) is 15.8. The number of hydrogen-bond acceptors (Lipinski definition) is 6. The van der Waals surface area contributed by atoms with Gasteiger partial charge in [0.05, 0.1) is 24.8 Å². The Kier molecular flexibility index (Phi) is 6.06. The second-order valence-corrected chi connectivity index (χ2v) is 6.23. The zero-order chi connectivity index (χ0) is 20.1. The Bertz CT molecular complexity index is 895. The van der Waals surface area contributed by atoms with E-state index in [-0.39, 0.29) is 24.5 Å². The Morgan fingerprint density at radius 3 is 2.64 bits per heavy atom. The summed E-state index contributed by atoms with van der Waals surface area (Å²) >= 11 is 0. The number of hydrogen-bond donors (Lipinski definition) is 1. The summed E-state index contributed by atoms with van der Waals surface area (Å²) in [5.41, 5.74) is 1.14. The molecule has 0 aliphatic carbocycles. The molecule has 1 atom stereocenters. The van der Waals surface area contributed by atoms with Crippen LogP contribution in [0.15, 0.2) is 54.4 Å². The van der Waals surface area contributed by atoms with Crippen molar-refractivity contribution in [2.45, 2.75) is 13.0 Å². The Balaban J connectivity index is 2.14. The van der Waals surface area contributed by atoms with Crippen LogP contribution in [0.25, 0.3) is 5.76 Å². The molecule has 28 heavy (non-hydrogen) atoms. The number of likely N-dealkylation sites (tertiary alicyclic amines) is 1. The van der Waals surface area contributed by atoms with E-state index >= 15 is 0 Å². The molecule has 1 N–H and O–H groups in total. The number of ether oxygens (including phenoxy) is 2. The first-order valence-corrected chi connectivity index (χ1v) is 8.99. The molecule has 1 aromatic heterocycles. The fourth-order valence-corrected chi connectivity index (χ4v) is 3.25. The van der Waals surface area contributed by atoms with E-state index in [0.717, 1.165) is 0 Å². The van der Waals surface area contributed by atoms with Crippen molar-refractivity contribution in [2.75, 3.05) is 26.9 Å². The lowest BCUT2D eigenvalue weighted by molar-refractivity contribution is -0.140. The van der Waals surface area contributed by atoms with E-state index in [1.807, 2.05) is 6.92 Å². The van der Waals surface area contributed by atoms with Crippen LogP contribution in [0, 0.1) is 0 Å².